The van der Waals surface area contributed by atoms with Gasteiger partial charge in [0.1, 0.15) is 5.82 Å². The van der Waals surface area contributed by atoms with Crippen molar-refractivity contribution in [2.75, 3.05) is 49.1 Å². The standard InChI is InChI=1S/C31H32ClN7O3/c1-19-11-24(36-10-9-31(2,18-36)22-5-3-6-23(32)12-22)17-39-28(19)34-27(35-39)29(40)38-15-20-13-37(14-21(20)16-38)26-8-4-7-25(33-26)30(41)42/h3-8,11-12,17,20-21H,9-10,13-16,18H2,1-2H3,(H,41,42)/t20-,21+,31-/m0/s1. The van der Waals surface area contributed by atoms with Gasteiger partial charge in [-0.2, -0.15) is 0 Å². The number of pyridine rings is 2. The first kappa shape index (κ1) is 26.7. The number of carbonyl (C=O) groups excluding carboxylic acids is 1. The molecule has 42 heavy (non-hydrogen) atoms. The number of aryl methyl sites for hydroxylation is 1. The number of aromatic carboxylic acids is 1. The summed E-state index contributed by atoms with van der Waals surface area (Å²) in [6, 6.07) is 15.3. The maximum atomic E-state index is 13.5. The summed E-state index contributed by atoms with van der Waals surface area (Å²) in [7, 11) is 0. The van der Waals surface area contributed by atoms with Crippen LogP contribution in [-0.2, 0) is 5.41 Å². The van der Waals surface area contributed by atoms with E-state index < -0.39 is 5.97 Å². The van der Waals surface area contributed by atoms with E-state index in [0.29, 0.717) is 36.4 Å². The van der Waals surface area contributed by atoms with Crippen LogP contribution in [0.3, 0.4) is 0 Å². The molecule has 3 fully saturated rings. The quantitative estimate of drug-likeness (QED) is 0.372. The summed E-state index contributed by atoms with van der Waals surface area (Å²) >= 11 is 6.29. The lowest BCUT2D eigenvalue weighted by Crippen LogP contribution is -2.34. The first-order valence-electron chi connectivity index (χ1n) is 14.3. The first-order chi connectivity index (χ1) is 20.2. The number of hydrogen-bond donors (Lipinski definition) is 1. The van der Waals surface area contributed by atoms with Gasteiger partial charge in [-0.1, -0.05) is 36.7 Å². The molecule has 3 aliphatic heterocycles. The highest BCUT2D eigenvalue weighted by molar-refractivity contribution is 6.30. The molecular formula is C31H32ClN7O3. The predicted octanol–water partition coefficient (Wildman–Crippen LogP) is 4.16. The number of fused-ring (bicyclic) bond motifs is 2. The molecule has 3 aromatic heterocycles. The number of carbonyl (C=O) groups is 2. The number of hydrogen-bond acceptors (Lipinski definition) is 7. The van der Waals surface area contributed by atoms with Gasteiger partial charge in [0.05, 0.1) is 11.9 Å². The lowest BCUT2D eigenvalue weighted by atomic mass is 9.82. The molecule has 0 radical (unpaired) electrons. The topological polar surface area (TPSA) is 107 Å². The van der Waals surface area contributed by atoms with Crippen LogP contribution in [0.25, 0.3) is 5.65 Å². The van der Waals surface area contributed by atoms with Crippen molar-refractivity contribution < 1.29 is 14.7 Å². The van der Waals surface area contributed by atoms with Crippen molar-refractivity contribution in [3.05, 3.63) is 82.4 Å². The Morgan fingerprint density at radius 2 is 1.76 bits per heavy atom. The number of anilines is 2. The third-order valence-corrected chi connectivity index (χ3v) is 9.44. The Labute approximate surface area is 248 Å². The van der Waals surface area contributed by atoms with Crippen LogP contribution in [0.5, 0.6) is 0 Å². The van der Waals surface area contributed by atoms with Crippen LogP contribution in [-0.4, -0.2) is 80.7 Å². The fourth-order valence-corrected chi connectivity index (χ4v) is 7.07. The minimum atomic E-state index is -1.04. The van der Waals surface area contributed by atoms with Gasteiger partial charge in [-0.3, -0.25) is 4.79 Å². The summed E-state index contributed by atoms with van der Waals surface area (Å²) in [5.41, 5.74) is 4.00. The Bertz CT molecular complexity index is 1710. The molecule has 0 bridgehead atoms. The molecular weight excluding hydrogens is 554 g/mol. The highest BCUT2D eigenvalue weighted by atomic mass is 35.5. The number of amides is 1. The third kappa shape index (κ3) is 4.63. The Balaban J connectivity index is 1.05. The number of aromatic nitrogens is 4. The number of nitrogens with zero attached hydrogens (tertiary/aromatic N) is 7. The number of halogens is 1. The van der Waals surface area contributed by atoms with E-state index in [-0.39, 0.29) is 22.8 Å². The minimum absolute atomic E-state index is 0.00419. The molecule has 0 aliphatic carbocycles. The second-order valence-corrected chi connectivity index (χ2v) is 12.6. The van der Waals surface area contributed by atoms with E-state index in [2.05, 4.69) is 50.0 Å². The molecule has 10 nitrogen and oxygen atoms in total. The fourth-order valence-electron chi connectivity index (χ4n) is 6.88. The highest BCUT2D eigenvalue weighted by Gasteiger charge is 2.43. The van der Waals surface area contributed by atoms with Gasteiger partial charge in [-0.05, 0) is 54.8 Å². The molecule has 4 aromatic rings. The number of rotatable bonds is 5. The van der Waals surface area contributed by atoms with Crippen molar-refractivity contribution in [2.24, 2.45) is 11.8 Å². The second kappa shape index (κ2) is 9.97. The van der Waals surface area contributed by atoms with Gasteiger partial charge >= 0.3 is 5.97 Å². The molecule has 1 aromatic carbocycles. The average molecular weight is 586 g/mol. The lowest BCUT2D eigenvalue weighted by Gasteiger charge is -2.26. The summed E-state index contributed by atoms with van der Waals surface area (Å²) in [4.78, 5) is 40.1. The number of benzene rings is 1. The van der Waals surface area contributed by atoms with Gasteiger partial charge in [0, 0.05) is 61.5 Å². The van der Waals surface area contributed by atoms with Crippen molar-refractivity contribution in [3.8, 4) is 0 Å². The zero-order valence-electron chi connectivity index (χ0n) is 23.6. The monoisotopic (exact) mass is 585 g/mol. The van der Waals surface area contributed by atoms with Crippen LogP contribution < -0.4 is 9.80 Å². The van der Waals surface area contributed by atoms with Crippen molar-refractivity contribution >= 4 is 40.6 Å². The molecule has 216 valence electrons. The fraction of sp³-hybridized carbons (Fsp3) is 0.387. The van der Waals surface area contributed by atoms with Crippen LogP contribution >= 0.6 is 11.6 Å². The molecule has 11 heteroatoms. The van der Waals surface area contributed by atoms with Gasteiger partial charge in [-0.25, -0.2) is 19.3 Å². The minimum Gasteiger partial charge on any atom is -0.477 e. The molecule has 1 amide bonds. The largest absolute Gasteiger partial charge is 0.477 e. The summed E-state index contributed by atoms with van der Waals surface area (Å²) in [6.07, 6.45) is 2.99. The SMILES string of the molecule is Cc1cc(N2CC[C@](C)(c3cccc(Cl)c3)C2)cn2nc(C(=O)N3C[C@@H]4CN(c5cccc(C(=O)O)n5)C[C@@H]4C3)nc12. The average Bonchev–Trinajstić information content (AvgIpc) is 3.75. The molecule has 3 atom stereocenters. The van der Waals surface area contributed by atoms with E-state index in [4.69, 9.17) is 11.6 Å². The zero-order chi connectivity index (χ0) is 29.2. The molecule has 1 N–H and O–H groups in total. The number of carboxylic acids is 1. The lowest BCUT2D eigenvalue weighted by molar-refractivity contribution is 0.0689. The van der Waals surface area contributed by atoms with Crippen LogP contribution in [0.15, 0.2) is 54.7 Å². The van der Waals surface area contributed by atoms with Gasteiger partial charge in [-0.15, -0.1) is 5.10 Å². The Morgan fingerprint density at radius 3 is 2.50 bits per heavy atom. The predicted molar refractivity (Wildman–Crippen MR) is 160 cm³/mol. The van der Waals surface area contributed by atoms with Crippen LogP contribution in [0.1, 0.15) is 45.6 Å². The maximum Gasteiger partial charge on any atom is 0.354 e. The summed E-state index contributed by atoms with van der Waals surface area (Å²) in [6.45, 7) is 8.77. The third-order valence-electron chi connectivity index (χ3n) is 9.21. The van der Waals surface area contributed by atoms with E-state index in [0.717, 1.165) is 48.9 Å². The normalized spacial score (nSPS) is 23.6. The molecule has 3 saturated heterocycles. The summed E-state index contributed by atoms with van der Waals surface area (Å²) < 4.78 is 1.74. The smallest absolute Gasteiger partial charge is 0.354 e. The van der Waals surface area contributed by atoms with Crippen LogP contribution in [0.2, 0.25) is 5.02 Å². The number of carboxylic acid groups (broad SMARTS) is 1. The van der Waals surface area contributed by atoms with Gasteiger partial charge in [0.2, 0.25) is 5.82 Å². The van der Waals surface area contributed by atoms with E-state index in [1.165, 1.54) is 11.6 Å². The molecule has 6 heterocycles. The zero-order valence-corrected chi connectivity index (χ0v) is 24.3. The Morgan fingerprint density at radius 1 is 1.00 bits per heavy atom. The van der Waals surface area contributed by atoms with Crippen molar-refractivity contribution in [3.63, 3.8) is 0 Å². The molecule has 7 rings (SSSR count). The number of likely N-dealkylation sites (tertiary alicyclic amines) is 1. The van der Waals surface area contributed by atoms with Gasteiger partial charge < -0.3 is 19.8 Å². The molecule has 0 saturated carbocycles. The summed E-state index contributed by atoms with van der Waals surface area (Å²) in [5.74, 6) is 0.277. The van der Waals surface area contributed by atoms with Crippen LogP contribution in [0, 0.1) is 18.8 Å². The van der Waals surface area contributed by atoms with Crippen molar-refractivity contribution in [1.29, 1.82) is 0 Å². The first-order valence-corrected chi connectivity index (χ1v) is 14.7. The summed E-state index contributed by atoms with van der Waals surface area (Å²) in [5, 5.41) is 14.7. The van der Waals surface area contributed by atoms with Gasteiger partial charge in [0.15, 0.2) is 11.3 Å². The molecule has 0 unspecified atom stereocenters. The highest BCUT2D eigenvalue weighted by Crippen LogP contribution is 2.38. The van der Waals surface area contributed by atoms with Crippen molar-refractivity contribution in [2.45, 2.75) is 25.7 Å². The molecule has 0 spiro atoms. The van der Waals surface area contributed by atoms with Gasteiger partial charge in [0.25, 0.3) is 5.91 Å². The van der Waals surface area contributed by atoms with Crippen LogP contribution in [0.4, 0.5) is 11.5 Å². The maximum absolute atomic E-state index is 13.5. The Hall–Kier alpha value is -4.18. The Kier molecular flexibility index (Phi) is 6.34. The van der Waals surface area contributed by atoms with Crippen molar-refractivity contribution in [1.82, 2.24) is 24.5 Å². The second-order valence-electron chi connectivity index (χ2n) is 12.1. The van der Waals surface area contributed by atoms with E-state index >= 15 is 0 Å². The van der Waals surface area contributed by atoms with E-state index in [9.17, 15) is 14.7 Å². The van der Waals surface area contributed by atoms with E-state index in [1.54, 1.807) is 10.6 Å². The molecule has 3 aliphatic rings. The van der Waals surface area contributed by atoms with E-state index in [1.807, 2.05) is 36.2 Å².